The smallest absolute Gasteiger partial charge is 0.347 e. The predicted molar refractivity (Wildman–Crippen MR) is 147 cm³/mol. The summed E-state index contributed by atoms with van der Waals surface area (Å²) in [6.45, 7) is 26.9. The zero-order valence-corrected chi connectivity index (χ0v) is 27.0. The number of carbonyl (C=O) groups excluding carboxylic acids is 1. The van der Waals surface area contributed by atoms with Gasteiger partial charge in [-0.2, -0.15) is 5.26 Å². The molecule has 0 rings (SSSR count). The van der Waals surface area contributed by atoms with E-state index in [2.05, 4.69) is 51.2 Å². The number of nitrogens with one attached hydrogen (secondary N) is 1. The first-order valence-corrected chi connectivity index (χ1v) is 23.1. The lowest BCUT2D eigenvalue weighted by atomic mass is 10.0. The van der Waals surface area contributed by atoms with Gasteiger partial charge in [-0.15, -0.1) is 0 Å². The van der Waals surface area contributed by atoms with Crippen LogP contribution in [0, 0.1) is 11.3 Å². The normalized spacial score (nSPS) is 15.8. The molecule has 0 saturated carbocycles. The highest BCUT2D eigenvalue weighted by Gasteiger charge is 2.46. The molecule has 0 aromatic heterocycles. The summed E-state index contributed by atoms with van der Waals surface area (Å²) in [6, 6.07) is 2.05. The van der Waals surface area contributed by atoms with Gasteiger partial charge in [0.15, 0.2) is 16.6 Å². The molecule has 188 valence electrons. The Labute approximate surface area is 206 Å². The van der Waals surface area contributed by atoms with Crippen LogP contribution in [0.1, 0.15) is 13.8 Å². The summed E-state index contributed by atoms with van der Waals surface area (Å²) in [4.78, 5) is 14.7. The zero-order chi connectivity index (χ0) is 26.4. The molecule has 0 aliphatic carbocycles. The second kappa shape index (κ2) is 11.9. The SMILES string of the molecule is C=C(CNC(=O)/C(C#N)=C(C)/C(C)=C/N(C)C)[Si](C)(O[Si](C)(C)C)O[Si](C)(C)O[Si](C)(C)C. The first-order chi connectivity index (χ1) is 14.6. The summed E-state index contributed by atoms with van der Waals surface area (Å²) in [5.74, 6) is -0.429. The number of amides is 1. The Hall–Kier alpha value is -1.27. The van der Waals surface area contributed by atoms with Crippen LogP contribution in [0.25, 0.3) is 0 Å². The monoisotopic (exact) mass is 527 g/mol. The molecule has 1 amide bonds. The van der Waals surface area contributed by atoms with Gasteiger partial charge < -0.3 is 22.6 Å². The number of carbonyl (C=O) groups is 1. The fourth-order valence-corrected chi connectivity index (χ4v) is 20.4. The summed E-state index contributed by atoms with van der Waals surface area (Å²) in [5.41, 5.74) is 1.58. The maximum Gasteiger partial charge on any atom is 0.347 e. The Morgan fingerprint density at radius 3 is 1.85 bits per heavy atom. The van der Waals surface area contributed by atoms with Crippen molar-refractivity contribution in [1.82, 2.24) is 10.2 Å². The van der Waals surface area contributed by atoms with Crippen LogP contribution in [0.3, 0.4) is 0 Å². The lowest BCUT2D eigenvalue weighted by Crippen LogP contribution is -2.59. The van der Waals surface area contributed by atoms with Crippen molar-refractivity contribution < 1.29 is 17.1 Å². The number of nitrogens with zero attached hydrogens (tertiary/aromatic N) is 2. The first kappa shape index (κ1) is 31.7. The van der Waals surface area contributed by atoms with Crippen molar-refractivity contribution >= 4 is 39.7 Å². The van der Waals surface area contributed by atoms with Gasteiger partial charge in [0.1, 0.15) is 11.6 Å². The second-order valence-corrected chi connectivity index (χ2v) is 27.3. The van der Waals surface area contributed by atoms with Crippen molar-refractivity contribution in [1.29, 1.82) is 5.26 Å². The van der Waals surface area contributed by atoms with E-state index in [1.165, 1.54) is 0 Å². The molecular formula is C22H45N3O4Si4. The third-order valence-corrected chi connectivity index (χ3v) is 17.8. The zero-order valence-electron chi connectivity index (χ0n) is 23.0. The molecule has 33 heavy (non-hydrogen) atoms. The molecule has 1 N–H and O–H groups in total. The molecule has 0 radical (unpaired) electrons. The average molecular weight is 528 g/mol. The van der Waals surface area contributed by atoms with Gasteiger partial charge in [0.2, 0.25) is 0 Å². The Kier molecular flexibility index (Phi) is 11.5. The molecule has 0 aliphatic heterocycles. The predicted octanol–water partition coefficient (Wildman–Crippen LogP) is 5.00. The van der Waals surface area contributed by atoms with E-state index in [9.17, 15) is 10.1 Å². The summed E-state index contributed by atoms with van der Waals surface area (Å²) in [5, 5.41) is 13.2. The summed E-state index contributed by atoms with van der Waals surface area (Å²) >= 11 is 0. The molecule has 1 atom stereocenters. The van der Waals surface area contributed by atoms with Crippen molar-refractivity contribution in [2.24, 2.45) is 0 Å². The Balaban J connectivity index is 5.79. The molecule has 0 spiro atoms. The highest BCUT2D eigenvalue weighted by molar-refractivity contribution is 6.92. The summed E-state index contributed by atoms with van der Waals surface area (Å²) in [6.07, 6.45) is 1.88. The molecule has 0 aromatic rings. The molecule has 0 aromatic carbocycles. The minimum Gasteiger partial charge on any atom is -0.437 e. The third-order valence-electron chi connectivity index (χ3n) is 4.36. The van der Waals surface area contributed by atoms with E-state index >= 15 is 0 Å². The summed E-state index contributed by atoms with van der Waals surface area (Å²) in [7, 11) is -5.41. The van der Waals surface area contributed by atoms with E-state index in [1.54, 1.807) is 6.92 Å². The fourth-order valence-electron chi connectivity index (χ4n) is 3.40. The van der Waals surface area contributed by atoms with Gasteiger partial charge in [-0.1, -0.05) is 6.58 Å². The van der Waals surface area contributed by atoms with Crippen molar-refractivity contribution in [2.75, 3.05) is 20.6 Å². The number of allylic oxidation sites excluding steroid dienone is 2. The third kappa shape index (κ3) is 12.1. The number of nitriles is 1. The van der Waals surface area contributed by atoms with E-state index in [1.807, 2.05) is 57.8 Å². The average Bonchev–Trinajstić information content (AvgIpc) is 2.54. The van der Waals surface area contributed by atoms with Gasteiger partial charge in [-0.05, 0) is 89.1 Å². The van der Waals surface area contributed by atoms with Crippen molar-refractivity contribution in [3.05, 3.63) is 34.7 Å². The number of hydrogen-bond acceptors (Lipinski definition) is 6. The van der Waals surface area contributed by atoms with Crippen LogP contribution in [0.4, 0.5) is 0 Å². The van der Waals surface area contributed by atoms with E-state index < -0.39 is 39.7 Å². The van der Waals surface area contributed by atoms with E-state index in [0.29, 0.717) is 10.8 Å². The molecule has 0 fully saturated rings. The van der Waals surface area contributed by atoms with Gasteiger partial charge in [-0.25, -0.2) is 0 Å². The topological polar surface area (TPSA) is 83.8 Å². The molecule has 11 heteroatoms. The number of hydrogen-bond donors (Lipinski definition) is 1. The van der Waals surface area contributed by atoms with Crippen LogP contribution < -0.4 is 5.32 Å². The quantitative estimate of drug-likeness (QED) is 0.166. The molecule has 1 unspecified atom stereocenters. The van der Waals surface area contributed by atoms with Crippen molar-refractivity contribution in [3.63, 3.8) is 0 Å². The van der Waals surface area contributed by atoms with Gasteiger partial charge in [0.05, 0.1) is 0 Å². The summed E-state index contributed by atoms with van der Waals surface area (Å²) < 4.78 is 19.6. The van der Waals surface area contributed by atoms with Gasteiger partial charge in [0, 0.05) is 26.8 Å². The van der Waals surface area contributed by atoms with Crippen molar-refractivity contribution in [2.45, 2.75) is 72.8 Å². The van der Waals surface area contributed by atoms with Crippen LogP contribution >= 0.6 is 0 Å². The van der Waals surface area contributed by atoms with Crippen LogP contribution in [0.5, 0.6) is 0 Å². The van der Waals surface area contributed by atoms with Crippen LogP contribution in [0.2, 0.25) is 58.9 Å². The highest BCUT2D eigenvalue weighted by Crippen LogP contribution is 2.28. The molecule has 0 aliphatic rings. The Bertz CT molecular complexity index is 834. The van der Waals surface area contributed by atoms with Gasteiger partial charge in [-0.3, -0.25) is 4.79 Å². The molecule has 0 bridgehead atoms. The van der Waals surface area contributed by atoms with Crippen molar-refractivity contribution in [3.8, 4) is 6.07 Å². The van der Waals surface area contributed by atoms with E-state index in [-0.39, 0.29) is 12.1 Å². The lowest BCUT2D eigenvalue weighted by molar-refractivity contribution is -0.116. The minimum absolute atomic E-state index is 0.0885. The van der Waals surface area contributed by atoms with Crippen LogP contribution in [-0.4, -0.2) is 65.2 Å². The number of rotatable bonds is 12. The van der Waals surface area contributed by atoms with E-state index in [4.69, 9.17) is 12.3 Å². The fraction of sp³-hybridized carbons (Fsp3) is 0.636. The van der Waals surface area contributed by atoms with Gasteiger partial charge >= 0.3 is 17.1 Å². The molecular weight excluding hydrogens is 483 g/mol. The second-order valence-electron chi connectivity index (χ2n) is 11.1. The van der Waals surface area contributed by atoms with Crippen LogP contribution in [-0.2, 0) is 17.1 Å². The largest absolute Gasteiger partial charge is 0.437 e. The van der Waals surface area contributed by atoms with Crippen LogP contribution in [0.15, 0.2) is 34.7 Å². The molecule has 0 saturated heterocycles. The standard InChI is InChI=1S/C22H45N3O4Si4/c1-18(17-25(4)5)20(3)21(15-23)22(26)24-16-19(2)33(14,28-31(9,10)11)29-32(12,13)27-30(6,7)8/h17H,2,16H2,1,3-14H3,(H,24,26)/b18-17+,21-20+. The first-order valence-electron chi connectivity index (χ1n) is 11.2. The minimum atomic E-state index is -2.91. The van der Waals surface area contributed by atoms with E-state index in [0.717, 1.165) is 5.57 Å². The lowest BCUT2D eigenvalue weighted by Gasteiger charge is -2.42. The molecule has 7 nitrogen and oxygen atoms in total. The Morgan fingerprint density at radius 2 is 1.45 bits per heavy atom. The van der Waals surface area contributed by atoms with Gasteiger partial charge in [0.25, 0.3) is 5.91 Å². The maximum atomic E-state index is 12.9. The maximum absolute atomic E-state index is 12.9. The Morgan fingerprint density at radius 1 is 0.970 bits per heavy atom. The molecule has 0 heterocycles. The highest BCUT2D eigenvalue weighted by atomic mass is 28.5.